The van der Waals surface area contributed by atoms with Gasteiger partial charge in [0, 0.05) is 24.7 Å². The van der Waals surface area contributed by atoms with Crippen LogP contribution in [0.5, 0.6) is 0 Å². The van der Waals surface area contributed by atoms with Gasteiger partial charge in [-0.1, -0.05) is 55.1 Å². The number of hydrogen-bond donors (Lipinski definition) is 2. The number of aromatic nitrogens is 2. The zero-order valence-corrected chi connectivity index (χ0v) is 26.4. The fourth-order valence-electron chi connectivity index (χ4n) is 5.46. The van der Waals surface area contributed by atoms with Gasteiger partial charge in [0.15, 0.2) is 5.69 Å². The van der Waals surface area contributed by atoms with E-state index in [1.165, 1.54) is 0 Å². The number of nitrogens with one attached hydrogen (secondary N) is 2. The molecule has 10 nitrogen and oxygen atoms in total. The van der Waals surface area contributed by atoms with Crippen LogP contribution in [-0.4, -0.2) is 46.6 Å². The molecule has 0 unspecified atom stereocenters. The summed E-state index contributed by atoms with van der Waals surface area (Å²) >= 11 is 0. The Morgan fingerprint density at radius 2 is 1.85 bits per heavy atom. The van der Waals surface area contributed by atoms with Crippen molar-refractivity contribution >= 4 is 52.0 Å². The average Bonchev–Trinajstić information content (AvgIpc) is 3.03. The van der Waals surface area contributed by atoms with Crippen LogP contribution in [0.25, 0.3) is 17.0 Å². The highest BCUT2D eigenvalue weighted by Crippen LogP contribution is 2.32. The molecule has 0 spiro atoms. The second kappa shape index (κ2) is 14.2. The summed E-state index contributed by atoms with van der Waals surface area (Å²) in [6, 6.07) is 18.4. The first-order valence-corrected chi connectivity index (χ1v) is 15.3. The summed E-state index contributed by atoms with van der Waals surface area (Å²) in [5, 5.41) is 6.41. The van der Waals surface area contributed by atoms with Crippen LogP contribution in [0.2, 0.25) is 0 Å². The first kappa shape index (κ1) is 32.2. The van der Waals surface area contributed by atoms with E-state index in [1.807, 2.05) is 75.4 Å². The minimum atomic E-state index is -0.715. The van der Waals surface area contributed by atoms with Crippen molar-refractivity contribution in [3.63, 3.8) is 0 Å². The second-order valence-electron chi connectivity index (χ2n) is 12.3. The standard InChI is InChI=1S/C36H39N5O5/c1-5-24-13-14-27-20-29(40-35(44)45-23-25-10-7-6-8-11-25)33(38-28(27)18-24)34(43)39-30-21-37-16-15-31(30)41-17-9-12-26(22-41)19-32(42)46-36(2,3)4/h5-8,10-11,13-16,18,20-21,26H,1,9,12,17,19,22-23H2,2-4H3,(H,39,43)(H,40,44)/t26-/m1/s1. The number of anilines is 3. The van der Waals surface area contributed by atoms with Gasteiger partial charge >= 0.3 is 12.1 Å². The number of nitrogens with zero attached hydrogens (tertiary/aromatic N) is 3. The highest BCUT2D eigenvalue weighted by molar-refractivity contribution is 6.11. The average molecular weight is 622 g/mol. The number of benzene rings is 2. The van der Waals surface area contributed by atoms with E-state index >= 15 is 0 Å². The molecule has 1 fully saturated rings. The van der Waals surface area contributed by atoms with Crippen LogP contribution in [0.4, 0.5) is 21.9 Å². The van der Waals surface area contributed by atoms with Crippen molar-refractivity contribution in [2.75, 3.05) is 28.6 Å². The summed E-state index contributed by atoms with van der Waals surface area (Å²) in [4.78, 5) is 50.3. The molecule has 2 N–H and O–H groups in total. The molecule has 5 rings (SSSR count). The first-order valence-electron chi connectivity index (χ1n) is 15.3. The van der Waals surface area contributed by atoms with Crippen LogP contribution in [-0.2, 0) is 20.9 Å². The van der Waals surface area contributed by atoms with Gasteiger partial charge in [-0.25, -0.2) is 9.78 Å². The van der Waals surface area contributed by atoms with Gasteiger partial charge in [-0.2, -0.15) is 0 Å². The molecule has 3 heterocycles. The number of pyridine rings is 2. The largest absolute Gasteiger partial charge is 0.460 e. The third kappa shape index (κ3) is 8.47. The molecule has 2 aromatic carbocycles. The van der Waals surface area contributed by atoms with Crippen molar-refractivity contribution in [1.82, 2.24) is 9.97 Å². The fraction of sp³-hybridized carbons (Fsp3) is 0.306. The number of carbonyl (C=O) groups excluding carboxylic acids is 3. The Kier molecular flexibility index (Phi) is 9.95. The smallest absolute Gasteiger partial charge is 0.412 e. The number of hydrogen-bond acceptors (Lipinski definition) is 8. The van der Waals surface area contributed by atoms with Crippen molar-refractivity contribution in [1.29, 1.82) is 0 Å². The lowest BCUT2D eigenvalue weighted by molar-refractivity contribution is -0.156. The van der Waals surface area contributed by atoms with Crippen LogP contribution in [0.15, 0.2) is 79.6 Å². The topological polar surface area (TPSA) is 123 Å². The van der Waals surface area contributed by atoms with Crippen molar-refractivity contribution in [3.05, 3.63) is 96.5 Å². The second-order valence-corrected chi connectivity index (χ2v) is 12.3. The van der Waals surface area contributed by atoms with E-state index in [4.69, 9.17) is 9.47 Å². The van der Waals surface area contributed by atoms with E-state index in [1.54, 1.807) is 24.5 Å². The predicted molar refractivity (Wildman–Crippen MR) is 180 cm³/mol. The molecule has 0 radical (unpaired) electrons. The van der Waals surface area contributed by atoms with E-state index in [0.29, 0.717) is 24.2 Å². The Morgan fingerprint density at radius 3 is 2.61 bits per heavy atom. The van der Waals surface area contributed by atoms with Gasteiger partial charge in [-0.3, -0.25) is 19.9 Å². The van der Waals surface area contributed by atoms with Crippen LogP contribution in [0.1, 0.15) is 61.6 Å². The lowest BCUT2D eigenvalue weighted by Crippen LogP contribution is -2.37. The number of carbonyl (C=O) groups is 3. The van der Waals surface area contributed by atoms with Crippen LogP contribution in [0.3, 0.4) is 0 Å². The number of rotatable bonds is 9. The minimum absolute atomic E-state index is 0.0154. The maximum absolute atomic E-state index is 13.9. The van der Waals surface area contributed by atoms with Gasteiger partial charge in [0.25, 0.3) is 5.91 Å². The quantitative estimate of drug-likeness (QED) is 0.188. The molecule has 0 bridgehead atoms. The number of piperidine rings is 1. The van der Waals surface area contributed by atoms with E-state index < -0.39 is 17.6 Å². The van der Waals surface area contributed by atoms with E-state index in [0.717, 1.165) is 41.6 Å². The molecule has 1 saturated heterocycles. The predicted octanol–water partition coefficient (Wildman–Crippen LogP) is 7.22. The normalized spacial score (nSPS) is 14.8. The zero-order valence-electron chi connectivity index (χ0n) is 26.4. The first-order chi connectivity index (χ1) is 22.1. The van der Waals surface area contributed by atoms with Gasteiger partial charge in [-0.15, -0.1) is 0 Å². The maximum Gasteiger partial charge on any atom is 0.412 e. The molecule has 46 heavy (non-hydrogen) atoms. The molecule has 0 aliphatic carbocycles. The Bertz CT molecular complexity index is 1730. The zero-order chi connectivity index (χ0) is 32.7. The molecular formula is C36H39N5O5. The summed E-state index contributed by atoms with van der Waals surface area (Å²) < 4.78 is 11.0. The third-order valence-electron chi connectivity index (χ3n) is 7.52. The van der Waals surface area contributed by atoms with Gasteiger partial charge < -0.3 is 19.7 Å². The van der Waals surface area contributed by atoms with E-state index in [2.05, 4.69) is 32.1 Å². The monoisotopic (exact) mass is 621 g/mol. The molecule has 4 aromatic rings. The summed E-state index contributed by atoms with van der Waals surface area (Å²) in [7, 11) is 0. The highest BCUT2D eigenvalue weighted by atomic mass is 16.6. The molecule has 0 saturated carbocycles. The maximum atomic E-state index is 13.9. The summed E-state index contributed by atoms with van der Waals surface area (Å²) in [5.41, 5.74) is 3.20. The summed E-state index contributed by atoms with van der Waals surface area (Å²) in [5.74, 6) is -0.632. The molecule has 10 heteroatoms. The summed E-state index contributed by atoms with van der Waals surface area (Å²) in [6.07, 6.45) is 6.36. The molecule has 238 valence electrons. The molecule has 1 atom stereocenters. The molecule has 2 aromatic heterocycles. The molecular weight excluding hydrogens is 582 g/mol. The SMILES string of the molecule is C=Cc1ccc2cc(NC(=O)OCc3ccccc3)c(C(=O)Nc3cnccc3N3CCC[C@H](CC(=O)OC(C)(C)C)C3)nc2c1. The van der Waals surface area contributed by atoms with Crippen LogP contribution < -0.4 is 15.5 Å². The van der Waals surface area contributed by atoms with Gasteiger partial charge in [-0.05, 0) is 68.9 Å². The molecule has 1 aliphatic heterocycles. The van der Waals surface area contributed by atoms with Crippen molar-refractivity contribution in [2.24, 2.45) is 5.92 Å². The Morgan fingerprint density at radius 1 is 1.04 bits per heavy atom. The Hall–Kier alpha value is -5.25. The lowest BCUT2D eigenvalue weighted by Gasteiger charge is -2.35. The van der Waals surface area contributed by atoms with Crippen molar-refractivity contribution in [2.45, 2.75) is 52.2 Å². The third-order valence-corrected chi connectivity index (χ3v) is 7.52. The van der Waals surface area contributed by atoms with Crippen LogP contribution in [0, 0.1) is 5.92 Å². The summed E-state index contributed by atoms with van der Waals surface area (Å²) in [6.45, 7) is 10.9. The van der Waals surface area contributed by atoms with Crippen molar-refractivity contribution in [3.8, 4) is 0 Å². The van der Waals surface area contributed by atoms with Gasteiger partial charge in [0.1, 0.15) is 12.2 Å². The fourth-order valence-corrected chi connectivity index (χ4v) is 5.46. The number of ether oxygens (including phenoxy) is 2. The van der Waals surface area contributed by atoms with Crippen molar-refractivity contribution < 1.29 is 23.9 Å². The van der Waals surface area contributed by atoms with E-state index in [-0.39, 0.29) is 29.9 Å². The number of amides is 2. The number of esters is 1. The highest BCUT2D eigenvalue weighted by Gasteiger charge is 2.27. The number of fused-ring (bicyclic) bond motifs is 1. The molecule has 1 aliphatic rings. The van der Waals surface area contributed by atoms with Gasteiger partial charge in [0.05, 0.1) is 35.2 Å². The van der Waals surface area contributed by atoms with Crippen LogP contribution >= 0.6 is 0 Å². The minimum Gasteiger partial charge on any atom is -0.460 e. The molecule has 2 amide bonds. The Balaban J connectivity index is 1.37. The van der Waals surface area contributed by atoms with E-state index in [9.17, 15) is 14.4 Å². The van der Waals surface area contributed by atoms with Gasteiger partial charge in [0.2, 0.25) is 0 Å². The Labute approximate surface area is 268 Å². The lowest BCUT2D eigenvalue weighted by atomic mass is 9.94.